The van der Waals surface area contributed by atoms with Gasteiger partial charge < -0.3 is 9.47 Å². The lowest BCUT2D eigenvalue weighted by atomic mass is 10.2. The summed E-state index contributed by atoms with van der Waals surface area (Å²) in [5.74, 6) is 0.764. The quantitative estimate of drug-likeness (QED) is 0.804. The summed E-state index contributed by atoms with van der Waals surface area (Å²) in [7, 11) is -1.94. The molecule has 7 nitrogen and oxygen atoms in total. The Balaban J connectivity index is 1.92. The molecule has 0 radical (unpaired) electrons. The molecule has 0 N–H and O–H groups in total. The van der Waals surface area contributed by atoms with Crippen molar-refractivity contribution < 1.29 is 17.9 Å². The molecular weight excluding hydrogens is 342 g/mol. The van der Waals surface area contributed by atoms with Crippen molar-refractivity contribution in [2.45, 2.75) is 25.3 Å². The summed E-state index contributed by atoms with van der Waals surface area (Å²) in [4.78, 5) is 0.303. The van der Waals surface area contributed by atoms with Crippen LogP contribution < -0.4 is 4.74 Å². The topological polar surface area (TPSA) is 73.7 Å². The van der Waals surface area contributed by atoms with E-state index in [1.165, 1.54) is 4.31 Å². The molecule has 1 aliphatic heterocycles. The van der Waals surface area contributed by atoms with E-state index in [-0.39, 0.29) is 0 Å². The van der Waals surface area contributed by atoms with Crippen LogP contribution in [-0.4, -0.2) is 55.9 Å². The smallest absolute Gasteiger partial charge is 0.246 e. The average molecular weight is 365 g/mol. The maximum Gasteiger partial charge on any atom is 0.246 e. The monoisotopic (exact) mass is 365 g/mol. The summed E-state index contributed by atoms with van der Waals surface area (Å²) in [6.07, 6.45) is 0. The molecule has 1 aromatic heterocycles. The number of methoxy groups -OCH3 is 1. The van der Waals surface area contributed by atoms with E-state index in [0.717, 1.165) is 11.3 Å². The molecule has 0 amide bonds. The predicted molar refractivity (Wildman–Crippen MR) is 93.4 cm³/mol. The molecular formula is C17H23N3O4S. The van der Waals surface area contributed by atoms with Gasteiger partial charge in [0.05, 0.1) is 38.3 Å². The van der Waals surface area contributed by atoms with Crippen LogP contribution in [0.4, 0.5) is 0 Å². The van der Waals surface area contributed by atoms with Gasteiger partial charge in [0, 0.05) is 13.1 Å². The molecule has 0 atom stereocenters. The van der Waals surface area contributed by atoms with Gasteiger partial charge in [-0.3, -0.25) is 4.68 Å². The van der Waals surface area contributed by atoms with E-state index in [4.69, 9.17) is 9.47 Å². The van der Waals surface area contributed by atoms with Gasteiger partial charge >= 0.3 is 0 Å². The minimum Gasteiger partial charge on any atom is -0.497 e. The van der Waals surface area contributed by atoms with Gasteiger partial charge in [0.15, 0.2) is 0 Å². The van der Waals surface area contributed by atoms with E-state index in [1.807, 2.05) is 24.3 Å². The Morgan fingerprint density at radius 3 is 2.64 bits per heavy atom. The molecule has 1 aromatic carbocycles. The highest BCUT2D eigenvalue weighted by Crippen LogP contribution is 2.25. The molecule has 0 saturated carbocycles. The van der Waals surface area contributed by atoms with E-state index >= 15 is 0 Å². The first-order valence-electron chi connectivity index (χ1n) is 8.18. The highest BCUT2D eigenvalue weighted by atomic mass is 32.2. The third kappa shape index (κ3) is 3.56. The summed E-state index contributed by atoms with van der Waals surface area (Å²) in [5, 5.41) is 4.46. The molecule has 0 spiro atoms. The van der Waals surface area contributed by atoms with Gasteiger partial charge in [-0.2, -0.15) is 9.40 Å². The Bertz CT molecular complexity index is 855. The number of rotatable bonds is 5. The van der Waals surface area contributed by atoms with Crippen LogP contribution in [0.2, 0.25) is 0 Å². The molecule has 136 valence electrons. The lowest BCUT2D eigenvalue weighted by molar-refractivity contribution is 0.0730. The zero-order valence-electron chi connectivity index (χ0n) is 14.7. The lowest BCUT2D eigenvalue weighted by Gasteiger charge is -2.26. The molecule has 2 heterocycles. The first kappa shape index (κ1) is 17.9. The Morgan fingerprint density at radius 2 is 1.96 bits per heavy atom. The Labute approximate surface area is 148 Å². The van der Waals surface area contributed by atoms with Crippen LogP contribution in [0.1, 0.15) is 17.0 Å². The summed E-state index contributed by atoms with van der Waals surface area (Å²) in [6, 6.07) is 7.67. The molecule has 1 aliphatic rings. The molecule has 2 aromatic rings. The molecule has 1 saturated heterocycles. The maximum atomic E-state index is 13.0. The van der Waals surface area contributed by atoms with Gasteiger partial charge in [-0.15, -0.1) is 0 Å². The average Bonchev–Trinajstić information content (AvgIpc) is 2.90. The SMILES string of the molecule is COc1cccc(Cn2nc(C)c(S(=O)(=O)N3CCOCC3)c2C)c1. The van der Waals surface area contributed by atoms with Crippen LogP contribution in [0.3, 0.4) is 0 Å². The summed E-state index contributed by atoms with van der Waals surface area (Å²) in [5.41, 5.74) is 2.17. The number of hydrogen-bond donors (Lipinski definition) is 0. The van der Waals surface area contributed by atoms with Crippen molar-refractivity contribution in [2.75, 3.05) is 33.4 Å². The van der Waals surface area contributed by atoms with Crippen molar-refractivity contribution in [1.82, 2.24) is 14.1 Å². The zero-order valence-corrected chi connectivity index (χ0v) is 15.5. The number of nitrogens with zero attached hydrogens (tertiary/aromatic N) is 3. The van der Waals surface area contributed by atoms with E-state index in [0.29, 0.717) is 49.1 Å². The van der Waals surface area contributed by atoms with Crippen molar-refractivity contribution in [1.29, 1.82) is 0 Å². The molecule has 1 fully saturated rings. The Morgan fingerprint density at radius 1 is 1.24 bits per heavy atom. The summed E-state index contributed by atoms with van der Waals surface area (Å²) >= 11 is 0. The van der Waals surface area contributed by atoms with Crippen molar-refractivity contribution >= 4 is 10.0 Å². The second kappa shape index (κ2) is 7.15. The number of sulfonamides is 1. The van der Waals surface area contributed by atoms with Gasteiger partial charge in [-0.05, 0) is 31.5 Å². The first-order chi connectivity index (χ1) is 11.9. The lowest BCUT2D eigenvalue weighted by Crippen LogP contribution is -2.41. The van der Waals surface area contributed by atoms with E-state index in [1.54, 1.807) is 25.6 Å². The summed E-state index contributed by atoms with van der Waals surface area (Å²) in [6.45, 7) is 5.63. The number of aromatic nitrogens is 2. The van der Waals surface area contributed by atoms with Crippen LogP contribution in [0.15, 0.2) is 29.2 Å². The first-order valence-corrected chi connectivity index (χ1v) is 9.62. The van der Waals surface area contributed by atoms with E-state index < -0.39 is 10.0 Å². The number of hydrogen-bond acceptors (Lipinski definition) is 5. The Kier molecular flexibility index (Phi) is 5.12. The van der Waals surface area contributed by atoms with Crippen LogP contribution >= 0.6 is 0 Å². The zero-order chi connectivity index (χ0) is 18.0. The fourth-order valence-corrected chi connectivity index (χ4v) is 4.85. The second-order valence-electron chi connectivity index (χ2n) is 6.03. The Hall–Kier alpha value is -1.90. The fraction of sp³-hybridized carbons (Fsp3) is 0.471. The van der Waals surface area contributed by atoms with E-state index in [2.05, 4.69) is 5.10 Å². The third-order valence-electron chi connectivity index (χ3n) is 4.35. The minimum absolute atomic E-state index is 0.303. The van der Waals surface area contributed by atoms with Crippen molar-refractivity contribution in [3.63, 3.8) is 0 Å². The predicted octanol–water partition coefficient (Wildman–Crippen LogP) is 1.58. The van der Waals surface area contributed by atoms with Crippen LogP contribution in [0.25, 0.3) is 0 Å². The van der Waals surface area contributed by atoms with Crippen molar-refractivity contribution in [2.24, 2.45) is 0 Å². The van der Waals surface area contributed by atoms with Gasteiger partial charge in [-0.1, -0.05) is 12.1 Å². The number of morpholine rings is 1. The molecule has 0 bridgehead atoms. The number of aryl methyl sites for hydroxylation is 1. The third-order valence-corrected chi connectivity index (χ3v) is 6.50. The van der Waals surface area contributed by atoms with Gasteiger partial charge in [-0.25, -0.2) is 8.42 Å². The molecule has 25 heavy (non-hydrogen) atoms. The molecule has 0 unspecified atom stereocenters. The van der Waals surface area contributed by atoms with Crippen LogP contribution in [0.5, 0.6) is 5.75 Å². The maximum absolute atomic E-state index is 13.0. The number of ether oxygens (including phenoxy) is 2. The molecule has 8 heteroatoms. The largest absolute Gasteiger partial charge is 0.497 e. The van der Waals surface area contributed by atoms with Crippen molar-refractivity contribution in [3.05, 3.63) is 41.2 Å². The van der Waals surface area contributed by atoms with Crippen LogP contribution in [0, 0.1) is 13.8 Å². The summed E-state index contributed by atoms with van der Waals surface area (Å²) < 4.78 is 39.7. The van der Waals surface area contributed by atoms with Gasteiger partial charge in [0.1, 0.15) is 10.6 Å². The molecule has 3 rings (SSSR count). The van der Waals surface area contributed by atoms with Gasteiger partial charge in [0.2, 0.25) is 10.0 Å². The second-order valence-corrected chi connectivity index (χ2v) is 7.90. The minimum atomic E-state index is -3.56. The normalized spacial score (nSPS) is 16.1. The number of benzene rings is 1. The van der Waals surface area contributed by atoms with E-state index in [9.17, 15) is 8.42 Å². The standard InChI is InChI=1S/C17H23N3O4S/c1-13-17(25(21,22)19-7-9-24-10-8-19)14(2)20(18-13)12-15-5-4-6-16(11-15)23-3/h4-6,11H,7-10,12H2,1-3H3. The van der Waals surface area contributed by atoms with Crippen molar-refractivity contribution in [3.8, 4) is 5.75 Å². The van der Waals surface area contributed by atoms with Gasteiger partial charge in [0.25, 0.3) is 0 Å². The molecule has 0 aliphatic carbocycles. The van der Waals surface area contributed by atoms with Crippen LogP contribution in [-0.2, 0) is 21.3 Å². The fourth-order valence-electron chi connectivity index (χ4n) is 3.07. The highest BCUT2D eigenvalue weighted by Gasteiger charge is 2.32. The highest BCUT2D eigenvalue weighted by molar-refractivity contribution is 7.89.